The van der Waals surface area contributed by atoms with Crippen LogP contribution in [0.25, 0.3) is 0 Å². The fraction of sp³-hybridized carbons (Fsp3) is 0.200. The van der Waals surface area contributed by atoms with Gasteiger partial charge in [0.2, 0.25) is 5.91 Å². The molecule has 1 N–H and O–H groups in total. The van der Waals surface area contributed by atoms with Crippen molar-refractivity contribution < 1.29 is 4.79 Å². The van der Waals surface area contributed by atoms with E-state index >= 15 is 0 Å². The molecule has 0 unspecified atom stereocenters. The fourth-order valence-corrected chi connectivity index (χ4v) is 3.02. The van der Waals surface area contributed by atoms with Crippen LogP contribution < -0.4 is 5.32 Å². The standard InChI is InChI=1S/C15H16N2OS2/c1-19-14-5-3-2-4-13(14)17-15(18)11-20-10-12-6-8-16-9-7-12/h2-9H,10-11H2,1H3,(H,17,18). The second-order valence-corrected chi connectivity index (χ2v) is 5.93. The third-order valence-electron chi connectivity index (χ3n) is 2.63. The molecule has 0 spiro atoms. The van der Waals surface area contributed by atoms with E-state index in [2.05, 4.69) is 10.3 Å². The number of rotatable bonds is 6. The zero-order valence-electron chi connectivity index (χ0n) is 11.2. The van der Waals surface area contributed by atoms with E-state index in [1.807, 2.05) is 42.7 Å². The van der Waals surface area contributed by atoms with Crippen LogP contribution in [-0.2, 0) is 10.5 Å². The van der Waals surface area contributed by atoms with Crippen LogP contribution in [-0.4, -0.2) is 22.9 Å². The Morgan fingerprint density at radius 3 is 2.70 bits per heavy atom. The molecule has 0 aliphatic rings. The van der Waals surface area contributed by atoms with Crippen LogP contribution in [0.5, 0.6) is 0 Å². The Kier molecular flexibility index (Phi) is 5.95. The topological polar surface area (TPSA) is 42.0 Å². The fourth-order valence-electron chi connectivity index (χ4n) is 1.67. The summed E-state index contributed by atoms with van der Waals surface area (Å²) >= 11 is 3.23. The van der Waals surface area contributed by atoms with Gasteiger partial charge in [-0.15, -0.1) is 23.5 Å². The van der Waals surface area contributed by atoms with Gasteiger partial charge in [0.1, 0.15) is 0 Å². The second kappa shape index (κ2) is 7.97. The summed E-state index contributed by atoms with van der Waals surface area (Å²) in [7, 11) is 0. The number of hydrogen-bond acceptors (Lipinski definition) is 4. The molecular formula is C15H16N2OS2. The second-order valence-electron chi connectivity index (χ2n) is 4.10. The largest absolute Gasteiger partial charge is 0.324 e. The molecule has 0 radical (unpaired) electrons. The molecule has 1 amide bonds. The smallest absolute Gasteiger partial charge is 0.234 e. The first-order chi connectivity index (χ1) is 9.79. The zero-order valence-corrected chi connectivity index (χ0v) is 12.8. The van der Waals surface area contributed by atoms with Gasteiger partial charge in [-0.25, -0.2) is 0 Å². The highest BCUT2D eigenvalue weighted by molar-refractivity contribution is 7.99. The zero-order chi connectivity index (χ0) is 14.2. The molecule has 2 rings (SSSR count). The van der Waals surface area contributed by atoms with E-state index in [9.17, 15) is 4.79 Å². The normalized spacial score (nSPS) is 10.2. The first-order valence-corrected chi connectivity index (χ1v) is 8.57. The summed E-state index contributed by atoms with van der Waals surface area (Å²) in [5, 5.41) is 2.95. The molecule has 1 aromatic carbocycles. The molecule has 3 nitrogen and oxygen atoms in total. The number of amides is 1. The van der Waals surface area contributed by atoms with E-state index in [1.165, 1.54) is 5.56 Å². The van der Waals surface area contributed by atoms with E-state index < -0.39 is 0 Å². The summed E-state index contributed by atoms with van der Waals surface area (Å²) in [5.74, 6) is 1.30. The third kappa shape index (κ3) is 4.58. The summed E-state index contributed by atoms with van der Waals surface area (Å²) in [6.45, 7) is 0. The molecule has 0 aliphatic carbocycles. The summed E-state index contributed by atoms with van der Waals surface area (Å²) in [4.78, 5) is 17.0. The molecule has 2 aromatic rings. The Morgan fingerprint density at radius 2 is 1.95 bits per heavy atom. The SMILES string of the molecule is CSc1ccccc1NC(=O)CSCc1ccncc1. The summed E-state index contributed by atoms with van der Waals surface area (Å²) in [6, 6.07) is 11.8. The summed E-state index contributed by atoms with van der Waals surface area (Å²) in [6.07, 6.45) is 5.54. The van der Waals surface area contributed by atoms with Crippen molar-refractivity contribution in [2.24, 2.45) is 0 Å². The predicted octanol–water partition coefficient (Wildman–Crippen LogP) is 3.68. The molecule has 0 saturated heterocycles. The minimum absolute atomic E-state index is 0.0329. The van der Waals surface area contributed by atoms with Gasteiger partial charge in [-0.05, 0) is 36.1 Å². The minimum Gasteiger partial charge on any atom is -0.324 e. The van der Waals surface area contributed by atoms with Gasteiger partial charge < -0.3 is 5.32 Å². The Bertz CT molecular complexity index is 561. The van der Waals surface area contributed by atoms with E-state index in [0.29, 0.717) is 5.75 Å². The van der Waals surface area contributed by atoms with Gasteiger partial charge >= 0.3 is 0 Å². The van der Waals surface area contributed by atoms with Crippen molar-refractivity contribution in [2.45, 2.75) is 10.6 Å². The van der Waals surface area contributed by atoms with Gasteiger partial charge in [-0.2, -0.15) is 0 Å². The number of anilines is 1. The molecule has 1 heterocycles. The first kappa shape index (κ1) is 14.9. The number of thioether (sulfide) groups is 2. The number of carbonyl (C=O) groups excluding carboxylic acids is 1. The van der Waals surface area contributed by atoms with Crippen molar-refractivity contribution >= 4 is 35.1 Å². The van der Waals surface area contributed by atoms with Crippen molar-refractivity contribution in [2.75, 3.05) is 17.3 Å². The number of pyridine rings is 1. The van der Waals surface area contributed by atoms with E-state index in [0.717, 1.165) is 16.3 Å². The molecule has 0 fully saturated rings. The van der Waals surface area contributed by atoms with Crippen LogP contribution >= 0.6 is 23.5 Å². The van der Waals surface area contributed by atoms with E-state index in [-0.39, 0.29) is 5.91 Å². The van der Waals surface area contributed by atoms with Crippen molar-refractivity contribution in [3.63, 3.8) is 0 Å². The van der Waals surface area contributed by atoms with Crippen LogP contribution in [0.2, 0.25) is 0 Å². The Labute approximate surface area is 127 Å². The van der Waals surface area contributed by atoms with Crippen LogP contribution in [0.4, 0.5) is 5.69 Å². The maximum absolute atomic E-state index is 11.9. The molecule has 104 valence electrons. The highest BCUT2D eigenvalue weighted by atomic mass is 32.2. The molecule has 5 heteroatoms. The van der Waals surface area contributed by atoms with Gasteiger partial charge in [0.25, 0.3) is 0 Å². The van der Waals surface area contributed by atoms with E-state index in [1.54, 1.807) is 35.9 Å². The van der Waals surface area contributed by atoms with Gasteiger partial charge in [0.05, 0.1) is 11.4 Å². The number of benzene rings is 1. The Hall–Kier alpha value is -1.46. The average Bonchev–Trinajstić information content (AvgIpc) is 2.49. The van der Waals surface area contributed by atoms with Crippen molar-refractivity contribution in [1.29, 1.82) is 0 Å². The molecular weight excluding hydrogens is 288 g/mol. The van der Waals surface area contributed by atoms with Gasteiger partial charge in [0, 0.05) is 23.0 Å². The summed E-state index contributed by atoms with van der Waals surface area (Å²) in [5.41, 5.74) is 2.07. The van der Waals surface area contributed by atoms with Crippen LogP contribution in [0.3, 0.4) is 0 Å². The maximum atomic E-state index is 11.9. The van der Waals surface area contributed by atoms with Crippen molar-refractivity contribution in [1.82, 2.24) is 4.98 Å². The monoisotopic (exact) mass is 304 g/mol. The van der Waals surface area contributed by atoms with Crippen molar-refractivity contribution in [3.05, 3.63) is 54.4 Å². The lowest BCUT2D eigenvalue weighted by atomic mass is 10.3. The summed E-state index contributed by atoms with van der Waals surface area (Å²) < 4.78 is 0. The van der Waals surface area contributed by atoms with Gasteiger partial charge in [-0.1, -0.05) is 12.1 Å². The van der Waals surface area contributed by atoms with Gasteiger partial charge in [0.15, 0.2) is 0 Å². The Balaban J connectivity index is 1.81. The maximum Gasteiger partial charge on any atom is 0.234 e. The van der Waals surface area contributed by atoms with Crippen LogP contribution in [0.15, 0.2) is 53.7 Å². The van der Waals surface area contributed by atoms with Gasteiger partial charge in [-0.3, -0.25) is 9.78 Å². The predicted molar refractivity (Wildman–Crippen MR) is 87.3 cm³/mol. The lowest BCUT2D eigenvalue weighted by molar-refractivity contribution is -0.113. The van der Waals surface area contributed by atoms with Crippen molar-refractivity contribution in [3.8, 4) is 0 Å². The highest BCUT2D eigenvalue weighted by Crippen LogP contribution is 2.24. The number of nitrogens with one attached hydrogen (secondary N) is 1. The lowest BCUT2D eigenvalue weighted by Crippen LogP contribution is -2.14. The molecule has 20 heavy (non-hydrogen) atoms. The number of aromatic nitrogens is 1. The molecule has 1 aromatic heterocycles. The number of carbonyl (C=O) groups is 1. The molecule has 0 aliphatic heterocycles. The van der Waals surface area contributed by atoms with E-state index in [4.69, 9.17) is 0 Å². The lowest BCUT2D eigenvalue weighted by Gasteiger charge is -2.09. The molecule has 0 atom stereocenters. The molecule has 0 bridgehead atoms. The Morgan fingerprint density at radius 1 is 1.20 bits per heavy atom. The van der Waals surface area contributed by atoms with Crippen LogP contribution in [0, 0.1) is 0 Å². The minimum atomic E-state index is 0.0329. The average molecular weight is 304 g/mol. The first-order valence-electron chi connectivity index (χ1n) is 6.19. The third-order valence-corrected chi connectivity index (χ3v) is 4.43. The quantitative estimate of drug-likeness (QED) is 0.827. The molecule has 0 saturated carbocycles. The number of hydrogen-bond donors (Lipinski definition) is 1. The number of para-hydroxylation sites is 1. The highest BCUT2D eigenvalue weighted by Gasteiger charge is 2.06. The van der Waals surface area contributed by atoms with Crippen LogP contribution in [0.1, 0.15) is 5.56 Å². The number of nitrogens with zero attached hydrogens (tertiary/aromatic N) is 1.